The topological polar surface area (TPSA) is 84.6 Å². The van der Waals surface area contributed by atoms with Crippen LogP contribution in [0.3, 0.4) is 0 Å². The van der Waals surface area contributed by atoms with Crippen molar-refractivity contribution in [3.05, 3.63) is 29.5 Å². The standard InChI is InChI=1S/C14H18N2O4S/c1-14(18,5-7-19-2)9-15-12(17)10-8-21-13(16-10)11-4-3-6-20-11/h3-4,6,8,18H,5,7,9H2,1-2H3,(H,15,17). The van der Waals surface area contributed by atoms with E-state index in [1.54, 1.807) is 37.8 Å². The van der Waals surface area contributed by atoms with Crippen LogP contribution in [0.2, 0.25) is 0 Å². The molecule has 1 unspecified atom stereocenters. The van der Waals surface area contributed by atoms with Gasteiger partial charge in [0, 0.05) is 32.1 Å². The van der Waals surface area contributed by atoms with Crippen LogP contribution in [0.25, 0.3) is 10.8 Å². The normalized spacial score (nSPS) is 13.9. The van der Waals surface area contributed by atoms with E-state index < -0.39 is 5.60 Å². The van der Waals surface area contributed by atoms with Crippen molar-refractivity contribution in [2.75, 3.05) is 20.3 Å². The Morgan fingerprint density at radius 3 is 3.10 bits per heavy atom. The average molecular weight is 310 g/mol. The second-order valence-corrected chi connectivity index (χ2v) is 5.80. The van der Waals surface area contributed by atoms with E-state index in [4.69, 9.17) is 9.15 Å². The van der Waals surface area contributed by atoms with E-state index in [0.717, 1.165) is 0 Å². The smallest absolute Gasteiger partial charge is 0.270 e. The summed E-state index contributed by atoms with van der Waals surface area (Å²) < 4.78 is 10.2. The van der Waals surface area contributed by atoms with Gasteiger partial charge in [-0.25, -0.2) is 4.98 Å². The highest BCUT2D eigenvalue weighted by Gasteiger charge is 2.22. The molecule has 0 spiro atoms. The molecule has 0 aliphatic heterocycles. The van der Waals surface area contributed by atoms with E-state index in [0.29, 0.717) is 29.5 Å². The Balaban J connectivity index is 1.92. The van der Waals surface area contributed by atoms with Gasteiger partial charge < -0.3 is 19.6 Å². The van der Waals surface area contributed by atoms with Crippen LogP contribution in [0.4, 0.5) is 0 Å². The lowest BCUT2D eigenvalue weighted by Gasteiger charge is -2.22. The molecule has 0 fully saturated rings. The van der Waals surface area contributed by atoms with E-state index in [9.17, 15) is 9.90 Å². The van der Waals surface area contributed by atoms with Gasteiger partial charge in [0.15, 0.2) is 10.8 Å². The van der Waals surface area contributed by atoms with Gasteiger partial charge in [-0.15, -0.1) is 11.3 Å². The number of ether oxygens (including phenoxy) is 1. The molecule has 0 aliphatic rings. The lowest BCUT2D eigenvalue weighted by atomic mass is 10.0. The Morgan fingerprint density at radius 2 is 2.43 bits per heavy atom. The molecule has 2 aromatic heterocycles. The van der Waals surface area contributed by atoms with Crippen LogP contribution in [0.1, 0.15) is 23.8 Å². The first-order valence-electron chi connectivity index (χ1n) is 6.51. The van der Waals surface area contributed by atoms with Crippen molar-refractivity contribution >= 4 is 17.2 Å². The largest absolute Gasteiger partial charge is 0.462 e. The first kappa shape index (κ1) is 15.7. The number of amides is 1. The highest BCUT2D eigenvalue weighted by molar-refractivity contribution is 7.13. The maximum atomic E-state index is 12.0. The Morgan fingerprint density at radius 1 is 1.62 bits per heavy atom. The van der Waals surface area contributed by atoms with Crippen molar-refractivity contribution < 1.29 is 19.1 Å². The molecule has 1 amide bonds. The molecule has 2 aromatic rings. The summed E-state index contributed by atoms with van der Waals surface area (Å²) in [6.45, 7) is 2.23. The fourth-order valence-electron chi connectivity index (χ4n) is 1.66. The molecule has 7 heteroatoms. The molecule has 2 heterocycles. The maximum absolute atomic E-state index is 12.0. The van der Waals surface area contributed by atoms with E-state index >= 15 is 0 Å². The molecule has 21 heavy (non-hydrogen) atoms. The molecular weight excluding hydrogens is 292 g/mol. The quantitative estimate of drug-likeness (QED) is 0.816. The molecule has 0 aromatic carbocycles. The minimum absolute atomic E-state index is 0.142. The van der Waals surface area contributed by atoms with E-state index in [1.807, 2.05) is 0 Å². The van der Waals surface area contributed by atoms with E-state index in [1.165, 1.54) is 11.3 Å². The Hall–Kier alpha value is -1.70. The molecule has 0 saturated carbocycles. The zero-order chi connectivity index (χ0) is 15.3. The van der Waals surface area contributed by atoms with E-state index in [-0.39, 0.29) is 12.5 Å². The number of rotatable bonds is 7. The molecule has 114 valence electrons. The summed E-state index contributed by atoms with van der Waals surface area (Å²) in [5.41, 5.74) is -0.695. The summed E-state index contributed by atoms with van der Waals surface area (Å²) in [6, 6.07) is 3.56. The van der Waals surface area contributed by atoms with Gasteiger partial charge in [0.2, 0.25) is 0 Å². The van der Waals surface area contributed by atoms with Crippen LogP contribution >= 0.6 is 11.3 Å². The predicted molar refractivity (Wildman–Crippen MR) is 79.3 cm³/mol. The van der Waals surface area contributed by atoms with Gasteiger partial charge in [-0.3, -0.25) is 4.79 Å². The van der Waals surface area contributed by atoms with Gasteiger partial charge in [-0.1, -0.05) is 0 Å². The second-order valence-electron chi connectivity index (χ2n) is 4.94. The number of methoxy groups -OCH3 is 1. The van der Waals surface area contributed by atoms with Gasteiger partial charge in [0.1, 0.15) is 5.69 Å². The highest BCUT2D eigenvalue weighted by atomic mass is 32.1. The van der Waals surface area contributed by atoms with Gasteiger partial charge in [-0.05, 0) is 19.1 Å². The van der Waals surface area contributed by atoms with Crippen molar-refractivity contribution in [2.45, 2.75) is 18.9 Å². The third kappa shape index (κ3) is 4.38. The summed E-state index contributed by atoms with van der Waals surface area (Å²) in [5.74, 6) is 0.313. The highest BCUT2D eigenvalue weighted by Crippen LogP contribution is 2.23. The number of carbonyl (C=O) groups excluding carboxylic acids is 1. The average Bonchev–Trinajstić information content (AvgIpc) is 3.12. The van der Waals surface area contributed by atoms with Crippen LogP contribution in [0, 0.1) is 0 Å². The molecule has 0 bridgehead atoms. The molecule has 0 aliphatic carbocycles. The van der Waals surface area contributed by atoms with Crippen LogP contribution < -0.4 is 5.32 Å². The van der Waals surface area contributed by atoms with Crippen molar-refractivity contribution in [1.82, 2.24) is 10.3 Å². The summed E-state index contributed by atoms with van der Waals surface area (Å²) in [6.07, 6.45) is 2.00. The summed E-state index contributed by atoms with van der Waals surface area (Å²) in [4.78, 5) is 16.2. The summed E-state index contributed by atoms with van der Waals surface area (Å²) in [7, 11) is 1.57. The number of hydrogen-bond acceptors (Lipinski definition) is 6. The van der Waals surface area contributed by atoms with Crippen LogP contribution in [-0.2, 0) is 4.74 Å². The number of hydrogen-bond donors (Lipinski definition) is 2. The first-order valence-corrected chi connectivity index (χ1v) is 7.39. The predicted octanol–water partition coefficient (Wildman–Crippen LogP) is 1.92. The molecule has 0 saturated heterocycles. The van der Waals surface area contributed by atoms with Crippen molar-refractivity contribution in [2.24, 2.45) is 0 Å². The minimum atomic E-state index is -1.01. The van der Waals surface area contributed by atoms with E-state index in [2.05, 4.69) is 10.3 Å². The molecule has 0 radical (unpaired) electrons. The Labute approximate surface area is 126 Å². The van der Waals surface area contributed by atoms with Crippen molar-refractivity contribution in [3.63, 3.8) is 0 Å². The number of nitrogens with one attached hydrogen (secondary N) is 1. The monoisotopic (exact) mass is 310 g/mol. The summed E-state index contributed by atoms with van der Waals surface area (Å²) in [5, 5.41) is 15.1. The number of nitrogens with zero attached hydrogens (tertiary/aromatic N) is 1. The van der Waals surface area contributed by atoms with Gasteiger partial charge in [-0.2, -0.15) is 0 Å². The van der Waals surface area contributed by atoms with Crippen LogP contribution in [0.15, 0.2) is 28.2 Å². The van der Waals surface area contributed by atoms with Crippen LogP contribution in [-0.4, -0.2) is 41.9 Å². The first-order chi connectivity index (χ1) is 10.0. The minimum Gasteiger partial charge on any atom is -0.462 e. The number of furan rings is 1. The zero-order valence-corrected chi connectivity index (χ0v) is 12.8. The molecular formula is C14H18N2O4S. The Kier molecular flexibility index (Phi) is 5.11. The third-order valence-corrected chi connectivity index (χ3v) is 3.80. The second kappa shape index (κ2) is 6.84. The zero-order valence-electron chi connectivity index (χ0n) is 12.0. The van der Waals surface area contributed by atoms with Crippen molar-refractivity contribution in [3.8, 4) is 10.8 Å². The van der Waals surface area contributed by atoms with Gasteiger partial charge >= 0.3 is 0 Å². The van der Waals surface area contributed by atoms with Crippen LogP contribution in [0.5, 0.6) is 0 Å². The van der Waals surface area contributed by atoms with Gasteiger partial charge in [0.25, 0.3) is 5.91 Å². The fourth-order valence-corrected chi connectivity index (χ4v) is 2.43. The number of carbonyl (C=O) groups is 1. The lowest BCUT2D eigenvalue weighted by molar-refractivity contribution is 0.0243. The molecule has 1 atom stereocenters. The number of aliphatic hydroxyl groups is 1. The maximum Gasteiger partial charge on any atom is 0.270 e. The molecule has 6 nitrogen and oxygen atoms in total. The number of thiazole rings is 1. The number of aromatic nitrogens is 1. The van der Waals surface area contributed by atoms with Crippen molar-refractivity contribution in [1.29, 1.82) is 0 Å². The SMILES string of the molecule is COCCC(C)(O)CNC(=O)c1csc(-c2ccco2)n1. The Bertz CT molecular complexity index is 578. The van der Waals surface area contributed by atoms with Gasteiger partial charge in [0.05, 0.1) is 11.9 Å². The molecule has 2 rings (SSSR count). The molecule has 2 N–H and O–H groups in total. The third-order valence-electron chi connectivity index (χ3n) is 2.94. The summed E-state index contributed by atoms with van der Waals surface area (Å²) >= 11 is 1.33. The lowest BCUT2D eigenvalue weighted by Crippen LogP contribution is -2.41. The fraction of sp³-hybridized carbons (Fsp3) is 0.429.